The number of thiophene rings is 1. The molecular weight excluding hydrogens is 220 g/mol. The van der Waals surface area contributed by atoms with Crippen LogP contribution in [-0.2, 0) is 10.2 Å². The van der Waals surface area contributed by atoms with Crippen LogP contribution in [0.2, 0.25) is 0 Å². The molecule has 1 heterocycles. The maximum absolute atomic E-state index is 11.8. The van der Waals surface area contributed by atoms with Gasteiger partial charge < -0.3 is 0 Å². The number of benzene rings is 1. The Morgan fingerprint density at radius 3 is 2.81 bits per heavy atom. The number of amides is 1. The summed E-state index contributed by atoms with van der Waals surface area (Å²) in [5.74, 6) is 5.19. The van der Waals surface area contributed by atoms with Gasteiger partial charge in [-0.05, 0) is 35.2 Å². The summed E-state index contributed by atoms with van der Waals surface area (Å²) in [6.45, 7) is 0. The molecule has 3 N–H and O–H groups in total. The summed E-state index contributed by atoms with van der Waals surface area (Å²) < 4.78 is 1.23. The first-order valence-electron chi connectivity index (χ1n) is 5.26. The van der Waals surface area contributed by atoms with Crippen molar-refractivity contribution in [1.29, 1.82) is 0 Å². The van der Waals surface area contributed by atoms with Gasteiger partial charge in [0.2, 0.25) is 5.91 Å². The van der Waals surface area contributed by atoms with Crippen molar-refractivity contribution in [1.82, 2.24) is 5.43 Å². The Balaban J connectivity index is 2.16. The molecule has 0 radical (unpaired) electrons. The van der Waals surface area contributed by atoms with E-state index in [4.69, 9.17) is 5.84 Å². The van der Waals surface area contributed by atoms with Crippen LogP contribution in [0.25, 0.3) is 10.1 Å². The second kappa shape index (κ2) is 3.30. The van der Waals surface area contributed by atoms with E-state index in [2.05, 4.69) is 22.9 Å². The molecule has 3 rings (SSSR count). The van der Waals surface area contributed by atoms with Crippen LogP contribution >= 0.6 is 11.3 Å². The van der Waals surface area contributed by atoms with Crippen molar-refractivity contribution < 1.29 is 4.79 Å². The largest absolute Gasteiger partial charge is 0.293 e. The van der Waals surface area contributed by atoms with Crippen LogP contribution in [0.15, 0.2) is 29.6 Å². The van der Waals surface area contributed by atoms with Crippen molar-refractivity contribution in [2.75, 3.05) is 0 Å². The molecule has 1 saturated carbocycles. The predicted molar refractivity (Wildman–Crippen MR) is 65.1 cm³/mol. The van der Waals surface area contributed by atoms with E-state index in [0.29, 0.717) is 0 Å². The Bertz CT molecular complexity index is 557. The van der Waals surface area contributed by atoms with Crippen molar-refractivity contribution in [3.05, 3.63) is 35.2 Å². The highest BCUT2D eigenvalue weighted by molar-refractivity contribution is 7.17. The van der Waals surface area contributed by atoms with Gasteiger partial charge in [0.15, 0.2) is 0 Å². The molecule has 0 unspecified atom stereocenters. The lowest BCUT2D eigenvalue weighted by molar-refractivity contribution is -0.123. The minimum absolute atomic E-state index is 0.0592. The summed E-state index contributed by atoms with van der Waals surface area (Å²) in [5.41, 5.74) is 3.07. The van der Waals surface area contributed by atoms with E-state index in [1.807, 2.05) is 12.1 Å². The predicted octanol–water partition coefficient (Wildman–Crippen LogP) is 1.92. The average Bonchev–Trinajstić information content (AvgIpc) is 3.02. The fourth-order valence-electron chi connectivity index (χ4n) is 2.23. The molecule has 0 bridgehead atoms. The SMILES string of the molecule is NNC(=O)C1(c2csc3ccccc23)CC1. The Kier molecular flexibility index (Phi) is 2.02. The van der Waals surface area contributed by atoms with Crippen molar-refractivity contribution in [2.45, 2.75) is 18.3 Å². The topological polar surface area (TPSA) is 55.1 Å². The smallest absolute Gasteiger partial charge is 0.244 e. The maximum Gasteiger partial charge on any atom is 0.244 e. The van der Waals surface area contributed by atoms with Gasteiger partial charge in [-0.1, -0.05) is 18.2 Å². The van der Waals surface area contributed by atoms with Gasteiger partial charge in [0, 0.05) is 4.70 Å². The number of fused-ring (bicyclic) bond motifs is 1. The molecule has 0 saturated heterocycles. The Morgan fingerprint density at radius 1 is 1.38 bits per heavy atom. The van der Waals surface area contributed by atoms with Gasteiger partial charge in [-0.2, -0.15) is 0 Å². The Labute approximate surface area is 97.2 Å². The number of carbonyl (C=O) groups is 1. The van der Waals surface area contributed by atoms with Crippen LogP contribution in [0.1, 0.15) is 18.4 Å². The monoisotopic (exact) mass is 232 g/mol. The fourth-order valence-corrected chi connectivity index (χ4v) is 3.29. The zero-order valence-corrected chi connectivity index (χ0v) is 9.51. The number of hydrogen-bond donors (Lipinski definition) is 2. The highest BCUT2D eigenvalue weighted by atomic mass is 32.1. The van der Waals surface area contributed by atoms with Gasteiger partial charge in [-0.3, -0.25) is 10.2 Å². The molecule has 82 valence electrons. The van der Waals surface area contributed by atoms with Gasteiger partial charge in [-0.15, -0.1) is 11.3 Å². The maximum atomic E-state index is 11.8. The van der Waals surface area contributed by atoms with Gasteiger partial charge in [0.05, 0.1) is 5.41 Å². The molecule has 0 spiro atoms. The van der Waals surface area contributed by atoms with Crippen molar-refractivity contribution in [2.24, 2.45) is 5.84 Å². The second-order valence-corrected chi connectivity index (χ2v) is 5.11. The van der Waals surface area contributed by atoms with Crippen molar-refractivity contribution >= 4 is 27.3 Å². The average molecular weight is 232 g/mol. The molecule has 4 heteroatoms. The zero-order valence-electron chi connectivity index (χ0n) is 8.69. The second-order valence-electron chi connectivity index (χ2n) is 4.20. The lowest BCUT2D eigenvalue weighted by Gasteiger charge is -2.12. The Hall–Kier alpha value is -1.39. The summed E-state index contributed by atoms with van der Waals surface area (Å²) in [5, 5.41) is 3.28. The minimum atomic E-state index is -0.353. The van der Waals surface area contributed by atoms with Gasteiger partial charge in [0.25, 0.3) is 0 Å². The summed E-state index contributed by atoms with van der Waals surface area (Å²) in [7, 11) is 0. The lowest BCUT2D eigenvalue weighted by Crippen LogP contribution is -2.39. The molecule has 1 amide bonds. The first kappa shape index (κ1) is 9.81. The van der Waals surface area contributed by atoms with Crippen molar-refractivity contribution in [3.8, 4) is 0 Å². The van der Waals surface area contributed by atoms with Crippen LogP contribution < -0.4 is 11.3 Å². The number of hydrazine groups is 1. The summed E-state index contributed by atoms with van der Waals surface area (Å²) >= 11 is 1.69. The molecule has 16 heavy (non-hydrogen) atoms. The minimum Gasteiger partial charge on any atom is -0.293 e. The normalized spacial score (nSPS) is 17.3. The van der Waals surface area contributed by atoms with Crippen LogP contribution in [0.5, 0.6) is 0 Å². The lowest BCUT2D eigenvalue weighted by atomic mass is 9.95. The molecule has 2 aromatic rings. The fraction of sp³-hybridized carbons (Fsp3) is 0.250. The molecule has 1 aliphatic rings. The highest BCUT2D eigenvalue weighted by Crippen LogP contribution is 2.51. The molecule has 1 aromatic carbocycles. The van der Waals surface area contributed by atoms with Crippen LogP contribution in [0.3, 0.4) is 0 Å². The van der Waals surface area contributed by atoms with Gasteiger partial charge >= 0.3 is 0 Å². The summed E-state index contributed by atoms with van der Waals surface area (Å²) in [6.07, 6.45) is 1.80. The standard InChI is InChI=1S/C12H12N2OS/c13-14-11(15)12(5-6-12)9-7-16-10-4-2-1-3-8(9)10/h1-4,7H,5-6,13H2,(H,14,15). The van der Waals surface area contributed by atoms with E-state index in [9.17, 15) is 4.79 Å². The molecule has 0 atom stereocenters. The third-order valence-corrected chi connectivity index (χ3v) is 4.28. The summed E-state index contributed by atoms with van der Waals surface area (Å²) in [6, 6.07) is 8.19. The summed E-state index contributed by atoms with van der Waals surface area (Å²) in [4.78, 5) is 11.8. The number of rotatable bonds is 2. The molecule has 1 aromatic heterocycles. The third kappa shape index (κ3) is 1.20. The highest BCUT2D eigenvalue weighted by Gasteiger charge is 2.52. The third-order valence-electron chi connectivity index (χ3n) is 3.31. The van der Waals surface area contributed by atoms with Crippen LogP contribution in [0.4, 0.5) is 0 Å². The van der Waals surface area contributed by atoms with E-state index in [0.717, 1.165) is 18.4 Å². The molecule has 3 nitrogen and oxygen atoms in total. The van der Waals surface area contributed by atoms with E-state index in [-0.39, 0.29) is 11.3 Å². The Morgan fingerprint density at radius 2 is 2.12 bits per heavy atom. The van der Waals surface area contributed by atoms with Crippen LogP contribution in [0, 0.1) is 0 Å². The first-order chi connectivity index (χ1) is 7.78. The van der Waals surface area contributed by atoms with Crippen molar-refractivity contribution in [3.63, 3.8) is 0 Å². The van der Waals surface area contributed by atoms with Gasteiger partial charge in [-0.25, -0.2) is 5.84 Å². The number of nitrogens with one attached hydrogen (secondary N) is 1. The van der Waals surface area contributed by atoms with Crippen LogP contribution in [-0.4, -0.2) is 5.91 Å². The van der Waals surface area contributed by atoms with E-state index < -0.39 is 0 Å². The number of carbonyl (C=O) groups excluding carboxylic acids is 1. The quantitative estimate of drug-likeness (QED) is 0.472. The molecule has 1 fully saturated rings. The molecular formula is C12H12N2OS. The van der Waals surface area contributed by atoms with Gasteiger partial charge in [0.1, 0.15) is 0 Å². The number of nitrogens with two attached hydrogens (primary N) is 1. The van der Waals surface area contributed by atoms with E-state index in [1.54, 1.807) is 11.3 Å². The van der Waals surface area contributed by atoms with E-state index >= 15 is 0 Å². The zero-order chi connectivity index (χ0) is 11.2. The first-order valence-corrected chi connectivity index (χ1v) is 6.14. The molecule has 0 aliphatic heterocycles. The number of hydrogen-bond acceptors (Lipinski definition) is 3. The van der Waals surface area contributed by atoms with E-state index in [1.165, 1.54) is 10.1 Å². The molecule has 1 aliphatic carbocycles.